The number of hydrazone groups is 1. The smallest absolute Gasteiger partial charge is 0.331 e. The Morgan fingerprint density at radius 3 is 2.58 bits per heavy atom. The molecule has 0 amide bonds. The van der Waals surface area contributed by atoms with E-state index in [9.17, 15) is 14.7 Å². The van der Waals surface area contributed by atoms with Crippen molar-refractivity contribution in [2.75, 3.05) is 26.3 Å². The molecule has 138 valence electrons. The van der Waals surface area contributed by atoms with Crippen molar-refractivity contribution in [1.82, 2.24) is 14.6 Å². The van der Waals surface area contributed by atoms with Gasteiger partial charge in [0.1, 0.15) is 5.56 Å². The highest BCUT2D eigenvalue weighted by atomic mass is 16.5. The van der Waals surface area contributed by atoms with Gasteiger partial charge in [-0.15, -0.1) is 0 Å². The second-order valence-electron chi connectivity index (χ2n) is 6.00. The van der Waals surface area contributed by atoms with Crippen LogP contribution < -0.4 is 11.2 Å². The minimum Gasteiger partial charge on any atom is -0.494 e. The van der Waals surface area contributed by atoms with Crippen molar-refractivity contribution in [3.8, 4) is 5.88 Å². The Morgan fingerprint density at radius 1 is 1.23 bits per heavy atom. The average molecular weight is 358 g/mol. The summed E-state index contributed by atoms with van der Waals surface area (Å²) in [5, 5.41) is 17.0. The van der Waals surface area contributed by atoms with Crippen LogP contribution in [0.25, 0.3) is 0 Å². The largest absolute Gasteiger partial charge is 0.494 e. The van der Waals surface area contributed by atoms with Gasteiger partial charge in [0, 0.05) is 0 Å². The highest BCUT2D eigenvalue weighted by molar-refractivity contribution is 6.01. The molecule has 0 saturated carbocycles. The summed E-state index contributed by atoms with van der Waals surface area (Å²) in [4.78, 5) is 26.8. The zero-order valence-corrected chi connectivity index (χ0v) is 14.6. The molecular formula is C18H22N4O4. The third-order valence-electron chi connectivity index (χ3n) is 4.23. The number of ether oxygens (including phenoxy) is 1. The SMILES string of the molecule is CCC(=NN1CCOCC1)c1c(O)n(Cc2ccccc2)c(=O)[nH]c1=O. The fourth-order valence-electron chi connectivity index (χ4n) is 2.85. The normalized spacial score (nSPS) is 15.3. The minimum atomic E-state index is -0.651. The third kappa shape index (κ3) is 3.85. The van der Waals surface area contributed by atoms with Crippen LogP contribution in [0.4, 0.5) is 0 Å². The highest BCUT2D eigenvalue weighted by Gasteiger charge is 2.20. The molecule has 2 N–H and O–H groups in total. The molecule has 1 aliphatic heterocycles. The first-order valence-corrected chi connectivity index (χ1v) is 8.60. The topological polar surface area (TPSA) is 99.9 Å². The third-order valence-corrected chi connectivity index (χ3v) is 4.23. The quantitative estimate of drug-likeness (QED) is 0.768. The van der Waals surface area contributed by atoms with E-state index in [0.29, 0.717) is 38.4 Å². The minimum absolute atomic E-state index is 0.0366. The number of aromatic amines is 1. The van der Waals surface area contributed by atoms with Gasteiger partial charge in [-0.05, 0) is 12.0 Å². The monoisotopic (exact) mass is 358 g/mol. The maximum Gasteiger partial charge on any atom is 0.331 e. The van der Waals surface area contributed by atoms with Crippen LogP contribution in [0.1, 0.15) is 24.5 Å². The molecule has 8 nitrogen and oxygen atoms in total. The van der Waals surface area contributed by atoms with E-state index >= 15 is 0 Å². The zero-order valence-electron chi connectivity index (χ0n) is 14.6. The van der Waals surface area contributed by atoms with E-state index in [2.05, 4.69) is 10.1 Å². The first kappa shape index (κ1) is 17.9. The van der Waals surface area contributed by atoms with E-state index in [1.54, 1.807) is 0 Å². The molecule has 26 heavy (non-hydrogen) atoms. The molecule has 3 rings (SSSR count). The van der Waals surface area contributed by atoms with E-state index in [4.69, 9.17) is 4.74 Å². The summed E-state index contributed by atoms with van der Waals surface area (Å²) in [5.41, 5.74) is 0.0284. The summed E-state index contributed by atoms with van der Waals surface area (Å²) in [7, 11) is 0. The van der Waals surface area contributed by atoms with E-state index in [0.717, 1.165) is 10.1 Å². The van der Waals surface area contributed by atoms with Gasteiger partial charge in [-0.25, -0.2) is 4.79 Å². The first-order chi connectivity index (χ1) is 12.6. The van der Waals surface area contributed by atoms with E-state index in [-0.39, 0.29) is 18.0 Å². The lowest BCUT2D eigenvalue weighted by Crippen LogP contribution is -2.36. The van der Waals surface area contributed by atoms with Crippen molar-refractivity contribution in [1.29, 1.82) is 0 Å². The Hall–Kier alpha value is -2.87. The number of hydrogen-bond donors (Lipinski definition) is 2. The van der Waals surface area contributed by atoms with Crippen molar-refractivity contribution in [2.24, 2.45) is 5.10 Å². The molecule has 2 aromatic rings. The summed E-state index contributed by atoms with van der Waals surface area (Å²) >= 11 is 0. The summed E-state index contributed by atoms with van der Waals surface area (Å²) in [6.07, 6.45) is 0.442. The van der Waals surface area contributed by atoms with E-state index in [1.165, 1.54) is 0 Å². The molecule has 0 unspecified atom stereocenters. The van der Waals surface area contributed by atoms with Gasteiger partial charge in [0.2, 0.25) is 5.88 Å². The summed E-state index contributed by atoms with van der Waals surface area (Å²) in [6, 6.07) is 9.26. The Balaban J connectivity index is 2.03. The molecule has 0 atom stereocenters. The maximum atomic E-state index is 12.4. The molecule has 1 saturated heterocycles. The molecule has 0 aliphatic carbocycles. The zero-order chi connectivity index (χ0) is 18.5. The van der Waals surface area contributed by atoms with Crippen molar-refractivity contribution >= 4 is 5.71 Å². The van der Waals surface area contributed by atoms with Crippen molar-refractivity contribution in [2.45, 2.75) is 19.9 Å². The van der Waals surface area contributed by atoms with Crippen LogP contribution in [0.15, 0.2) is 45.0 Å². The van der Waals surface area contributed by atoms with Crippen LogP contribution in [0.3, 0.4) is 0 Å². The van der Waals surface area contributed by atoms with Crippen LogP contribution in [-0.2, 0) is 11.3 Å². The highest BCUT2D eigenvalue weighted by Crippen LogP contribution is 2.16. The summed E-state index contributed by atoms with van der Waals surface area (Å²) in [5.74, 6) is -0.364. The summed E-state index contributed by atoms with van der Waals surface area (Å²) in [6.45, 7) is 4.37. The van der Waals surface area contributed by atoms with Gasteiger partial charge in [-0.2, -0.15) is 5.10 Å². The molecule has 0 radical (unpaired) electrons. The number of aromatic nitrogens is 2. The molecular weight excluding hydrogens is 336 g/mol. The van der Waals surface area contributed by atoms with Gasteiger partial charge in [0.15, 0.2) is 0 Å². The van der Waals surface area contributed by atoms with Crippen molar-refractivity contribution in [3.05, 3.63) is 62.3 Å². The molecule has 1 fully saturated rings. The molecule has 0 bridgehead atoms. The number of H-pyrrole nitrogens is 1. The predicted molar refractivity (Wildman–Crippen MR) is 97.8 cm³/mol. The number of hydrogen-bond acceptors (Lipinski definition) is 6. The number of nitrogens with zero attached hydrogens (tertiary/aromatic N) is 3. The molecule has 1 aromatic heterocycles. The standard InChI is InChI=1S/C18H22N4O4/c1-2-14(20-21-8-10-26-11-9-21)15-16(23)19-18(25)22(17(15)24)12-13-6-4-3-5-7-13/h3-7,24H,2,8-12H2,1H3,(H,19,23,25). The second kappa shape index (κ2) is 8.01. The van der Waals surface area contributed by atoms with Gasteiger partial charge in [-0.3, -0.25) is 19.4 Å². The molecule has 0 spiro atoms. The van der Waals surface area contributed by atoms with Crippen LogP contribution in [0.2, 0.25) is 0 Å². The number of nitrogens with one attached hydrogen (secondary N) is 1. The molecule has 1 aliphatic rings. The van der Waals surface area contributed by atoms with Gasteiger partial charge in [-0.1, -0.05) is 37.3 Å². The lowest BCUT2D eigenvalue weighted by Gasteiger charge is -2.25. The van der Waals surface area contributed by atoms with Crippen LogP contribution in [-0.4, -0.2) is 51.7 Å². The Morgan fingerprint density at radius 2 is 1.92 bits per heavy atom. The fourth-order valence-corrected chi connectivity index (χ4v) is 2.85. The second-order valence-corrected chi connectivity index (χ2v) is 6.00. The lowest BCUT2D eigenvalue weighted by atomic mass is 10.1. The van der Waals surface area contributed by atoms with Gasteiger partial charge in [0.05, 0.1) is 38.6 Å². The van der Waals surface area contributed by atoms with E-state index in [1.807, 2.05) is 42.3 Å². The van der Waals surface area contributed by atoms with Crippen LogP contribution in [0, 0.1) is 0 Å². The average Bonchev–Trinajstić information content (AvgIpc) is 2.66. The lowest BCUT2D eigenvalue weighted by molar-refractivity contribution is 0.0393. The van der Waals surface area contributed by atoms with Gasteiger partial charge in [0.25, 0.3) is 5.56 Å². The van der Waals surface area contributed by atoms with Crippen molar-refractivity contribution in [3.63, 3.8) is 0 Å². The van der Waals surface area contributed by atoms with E-state index < -0.39 is 11.2 Å². The summed E-state index contributed by atoms with van der Waals surface area (Å²) < 4.78 is 6.45. The van der Waals surface area contributed by atoms with Crippen LogP contribution in [0.5, 0.6) is 5.88 Å². The fraction of sp³-hybridized carbons (Fsp3) is 0.389. The Bertz CT molecular complexity index is 896. The maximum absolute atomic E-state index is 12.4. The van der Waals surface area contributed by atoms with Gasteiger partial charge >= 0.3 is 5.69 Å². The van der Waals surface area contributed by atoms with Crippen LogP contribution >= 0.6 is 0 Å². The number of morpholine rings is 1. The number of rotatable bonds is 5. The number of aromatic hydroxyl groups is 1. The predicted octanol–water partition coefficient (Wildman–Crippen LogP) is 0.737. The molecule has 2 heterocycles. The number of benzene rings is 1. The van der Waals surface area contributed by atoms with Crippen molar-refractivity contribution < 1.29 is 9.84 Å². The van der Waals surface area contributed by atoms with Gasteiger partial charge < -0.3 is 9.84 Å². The first-order valence-electron chi connectivity index (χ1n) is 8.60. The molecule has 8 heteroatoms. The Labute approximate surface area is 150 Å². The Kier molecular flexibility index (Phi) is 5.52. The molecule has 1 aromatic carbocycles.